The zero-order valence-electron chi connectivity index (χ0n) is 12.7. The van der Waals surface area contributed by atoms with E-state index in [-0.39, 0.29) is 11.4 Å². The molecule has 0 N–H and O–H groups in total. The molecular weight excluding hydrogens is 312 g/mol. The Kier molecular flexibility index (Phi) is 4.19. The third-order valence-electron chi connectivity index (χ3n) is 3.77. The topological polar surface area (TPSA) is 102 Å². The summed E-state index contributed by atoms with van der Waals surface area (Å²) in [5.74, 6) is 0.392. The van der Waals surface area contributed by atoms with Gasteiger partial charge < -0.3 is 4.90 Å². The van der Waals surface area contributed by atoms with Gasteiger partial charge in [0.1, 0.15) is 11.5 Å². The molecule has 24 heavy (non-hydrogen) atoms. The van der Waals surface area contributed by atoms with Gasteiger partial charge in [-0.3, -0.25) is 25.2 Å². The molecule has 0 bridgehead atoms. The zero-order valence-corrected chi connectivity index (χ0v) is 12.7. The van der Waals surface area contributed by atoms with E-state index in [2.05, 4.69) is 4.99 Å². The van der Waals surface area contributed by atoms with Gasteiger partial charge in [0.15, 0.2) is 0 Å². The predicted octanol–water partition coefficient (Wildman–Crippen LogP) is 3.16. The molecule has 0 fully saturated rings. The van der Waals surface area contributed by atoms with Crippen LogP contribution >= 0.6 is 0 Å². The number of anilines is 1. The molecule has 8 nitrogen and oxygen atoms in total. The number of aliphatic imine (C=N–C) groups is 1. The van der Waals surface area contributed by atoms with Crippen LogP contribution in [0, 0.1) is 20.2 Å². The van der Waals surface area contributed by atoms with Crippen LogP contribution in [0.15, 0.2) is 53.5 Å². The van der Waals surface area contributed by atoms with E-state index in [1.807, 2.05) is 0 Å². The maximum atomic E-state index is 11.3. The highest BCUT2D eigenvalue weighted by Gasteiger charge is 2.29. The first kappa shape index (κ1) is 15.6. The Morgan fingerprint density at radius 1 is 0.917 bits per heavy atom. The second-order valence-electron chi connectivity index (χ2n) is 5.23. The first-order valence-electron chi connectivity index (χ1n) is 7.39. The van der Waals surface area contributed by atoms with Gasteiger partial charge in [0.05, 0.1) is 15.4 Å². The van der Waals surface area contributed by atoms with Crippen LogP contribution in [0.3, 0.4) is 0 Å². The zero-order chi connectivity index (χ0) is 17.1. The van der Waals surface area contributed by atoms with Gasteiger partial charge in [-0.2, -0.15) is 0 Å². The number of para-hydroxylation sites is 3. The van der Waals surface area contributed by atoms with Crippen molar-refractivity contribution in [3.05, 3.63) is 74.3 Å². The standard InChI is InChI=1S/C16H14N4O4/c21-19(22)13-7-2-1-6-12(13)16-17-10-5-11-18(16)14-8-3-4-9-15(14)20(23)24/h1-4,6-9H,5,10-11H2. The maximum absolute atomic E-state index is 11.3. The summed E-state index contributed by atoms with van der Waals surface area (Å²) in [7, 11) is 0. The van der Waals surface area contributed by atoms with Crippen LogP contribution in [0.25, 0.3) is 0 Å². The minimum absolute atomic E-state index is 0.0503. The van der Waals surface area contributed by atoms with Crippen LogP contribution in [0.5, 0.6) is 0 Å². The number of hydrogen-bond acceptors (Lipinski definition) is 6. The highest BCUT2D eigenvalue weighted by atomic mass is 16.6. The second-order valence-corrected chi connectivity index (χ2v) is 5.23. The SMILES string of the molecule is O=[N+]([O-])c1ccccc1C1=NCCCN1c1ccccc1[N+](=O)[O-]. The van der Waals surface area contributed by atoms with Crippen LogP contribution in [-0.2, 0) is 0 Å². The van der Waals surface area contributed by atoms with E-state index in [1.54, 1.807) is 41.3 Å². The minimum atomic E-state index is -0.468. The van der Waals surface area contributed by atoms with Crippen molar-refractivity contribution in [2.75, 3.05) is 18.0 Å². The average Bonchev–Trinajstić information content (AvgIpc) is 2.61. The smallest absolute Gasteiger partial charge is 0.292 e. The molecule has 0 atom stereocenters. The van der Waals surface area contributed by atoms with E-state index < -0.39 is 9.85 Å². The molecular formula is C16H14N4O4. The molecule has 1 heterocycles. The van der Waals surface area contributed by atoms with E-state index in [0.29, 0.717) is 30.2 Å². The van der Waals surface area contributed by atoms with Gasteiger partial charge in [-0.15, -0.1) is 0 Å². The molecule has 1 aliphatic heterocycles. The van der Waals surface area contributed by atoms with Gasteiger partial charge in [-0.05, 0) is 18.6 Å². The molecule has 0 saturated heterocycles. The number of nitrogens with zero attached hydrogens (tertiary/aromatic N) is 4. The van der Waals surface area contributed by atoms with Gasteiger partial charge in [0, 0.05) is 25.2 Å². The van der Waals surface area contributed by atoms with Gasteiger partial charge in [0.25, 0.3) is 11.4 Å². The van der Waals surface area contributed by atoms with Crippen molar-refractivity contribution in [1.29, 1.82) is 0 Å². The van der Waals surface area contributed by atoms with Crippen LogP contribution in [0.2, 0.25) is 0 Å². The number of benzene rings is 2. The van der Waals surface area contributed by atoms with Crippen molar-refractivity contribution in [1.82, 2.24) is 0 Å². The largest absolute Gasteiger partial charge is 0.320 e. The highest BCUT2D eigenvalue weighted by molar-refractivity contribution is 6.13. The summed E-state index contributed by atoms with van der Waals surface area (Å²) >= 11 is 0. The van der Waals surface area contributed by atoms with Gasteiger partial charge >= 0.3 is 0 Å². The van der Waals surface area contributed by atoms with Crippen LogP contribution in [0.1, 0.15) is 12.0 Å². The first-order chi connectivity index (χ1) is 11.6. The fourth-order valence-corrected chi connectivity index (χ4v) is 2.74. The van der Waals surface area contributed by atoms with Crippen LogP contribution < -0.4 is 4.90 Å². The van der Waals surface area contributed by atoms with Gasteiger partial charge in [0.2, 0.25) is 0 Å². The predicted molar refractivity (Wildman–Crippen MR) is 89.6 cm³/mol. The quantitative estimate of drug-likeness (QED) is 0.634. The minimum Gasteiger partial charge on any atom is -0.320 e. The fourth-order valence-electron chi connectivity index (χ4n) is 2.74. The summed E-state index contributed by atoms with van der Waals surface area (Å²) in [4.78, 5) is 27.8. The summed E-state index contributed by atoms with van der Waals surface area (Å²) in [6, 6.07) is 12.6. The fraction of sp³-hybridized carbons (Fsp3) is 0.188. The Labute approximate surface area is 137 Å². The summed E-state index contributed by atoms with van der Waals surface area (Å²) in [6.07, 6.45) is 0.718. The third-order valence-corrected chi connectivity index (χ3v) is 3.77. The van der Waals surface area contributed by atoms with Crippen molar-refractivity contribution in [2.45, 2.75) is 6.42 Å². The molecule has 2 aromatic rings. The molecule has 122 valence electrons. The normalized spacial score (nSPS) is 14.2. The second kappa shape index (κ2) is 6.45. The van der Waals surface area contributed by atoms with Gasteiger partial charge in [-0.25, -0.2) is 0 Å². The van der Waals surface area contributed by atoms with Crippen molar-refractivity contribution in [3.8, 4) is 0 Å². The summed E-state index contributed by atoms with van der Waals surface area (Å²) in [5, 5.41) is 22.6. The third kappa shape index (κ3) is 2.81. The molecule has 1 aliphatic rings. The molecule has 8 heteroatoms. The van der Waals surface area contributed by atoms with Gasteiger partial charge in [-0.1, -0.05) is 24.3 Å². The lowest BCUT2D eigenvalue weighted by Gasteiger charge is -2.29. The molecule has 2 aromatic carbocycles. The molecule has 0 spiro atoms. The van der Waals surface area contributed by atoms with Crippen molar-refractivity contribution >= 4 is 22.9 Å². The molecule has 0 unspecified atom stereocenters. The lowest BCUT2D eigenvalue weighted by molar-refractivity contribution is -0.385. The molecule has 0 saturated carbocycles. The van der Waals surface area contributed by atoms with E-state index in [4.69, 9.17) is 0 Å². The number of nitro benzene ring substituents is 2. The summed E-state index contributed by atoms with van der Waals surface area (Å²) in [6.45, 7) is 1.04. The van der Waals surface area contributed by atoms with Crippen molar-refractivity contribution in [3.63, 3.8) is 0 Å². The number of hydrogen-bond donors (Lipinski definition) is 0. The Morgan fingerprint density at radius 2 is 1.54 bits per heavy atom. The summed E-state index contributed by atoms with van der Waals surface area (Å²) < 4.78 is 0. The van der Waals surface area contributed by atoms with E-state index in [1.165, 1.54) is 12.1 Å². The van der Waals surface area contributed by atoms with Crippen molar-refractivity contribution < 1.29 is 9.85 Å². The van der Waals surface area contributed by atoms with E-state index in [9.17, 15) is 20.2 Å². The molecule has 0 amide bonds. The van der Waals surface area contributed by atoms with Crippen molar-refractivity contribution in [2.24, 2.45) is 4.99 Å². The Morgan fingerprint density at radius 3 is 2.25 bits per heavy atom. The molecule has 0 aliphatic carbocycles. The number of amidine groups is 1. The first-order valence-corrected chi connectivity index (χ1v) is 7.39. The molecule has 0 radical (unpaired) electrons. The lowest BCUT2D eigenvalue weighted by atomic mass is 10.1. The summed E-state index contributed by atoms with van der Waals surface area (Å²) in [5.41, 5.74) is 0.631. The lowest BCUT2D eigenvalue weighted by Crippen LogP contribution is -2.37. The van der Waals surface area contributed by atoms with E-state index in [0.717, 1.165) is 6.42 Å². The molecule has 0 aromatic heterocycles. The average molecular weight is 326 g/mol. The molecule has 3 rings (SSSR count). The van der Waals surface area contributed by atoms with E-state index >= 15 is 0 Å². The highest BCUT2D eigenvalue weighted by Crippen LogP contribution is 2.32. The Bertz CT molecular complexity index is 834. The Hall–Kier alpha value is -3.29. The van der Waals surface area contributed by atoms with Crippen LogP contribution in [-0.4, -0.2) is 28.8 Å². The number of nitro groups is 2. The monoisotopic (exact) mass is 326 g/mol. The van der Waals surface area contributed by atoms with Crippen LogP contribution in [0.4, 0.5) is 17.1 Å². The maximum Gasteiger partial charge on any atom is 0.292 e. The Balaban J connectivity index is 2.13. The number of rotatable bonds is 4.